The van der Waals surface area contributed by atoms with Crippen molar-refractivity contribution in [3.63, 3.8) is 0 Å². The predicted molar refractivity (Wildman–Crippen MR) is 109 cm³/mol. The molecular weight excluding hydrogens is 397 g/mol. The van der Waals surface area contributed by atoms with Gasteiger partial charge in [0.05, 0.1) is 19.9 Å². The molecule has 1 aromatic heterocycles. The van der Waals surface area contributed by atoms with Gasteiger partial charge in [0.15, 0.2) is 5.13 Å². The molecular formula is C20H18FN3O4S. The molecule has 0 saturated carbocycles. The molecule has 0 aliphatic rings. The number of carbonyl (C=O) groups excluding carboxylic acids is 2. The maximum absolute atomic E-state index is 14.4. The van der Waals surface area contributed by atoms with E-state index in [2.05, 4.69) is 15.6 Å². The number of aromatic nitrogens is 1. The molecule has 3 rings (SSSR count). The lowest BCUT2D eigenvalue weighted by Gasteiger charge is -2.08. The van der Waals surface area contributed by atoms with Gasteiger partial charge in [-0.1, -0.05) is 0 Å². The molecule has 0 fully saturated rings. The fourth-order valence-corrected chi connectivity index (χ4v) is 3.27. The number of thiazole rings is 1. The number of ether oxygens (including phenoxy) is 2. The average molecular weight is 415 g/mol. The van der Waals surface area contributed by atoms with Gasteiger partial charge in [0.2, 0.25) is 5.91 Å². The zero-order valence-electron chi connectivity index (χ0n) is 15.9. The number of methoxy groups -OCH3 is 2. The van der Waals surface area contributed by atoms with E-state index in [0.29, 0.717) is 33.6 Å². The Labute approximate surface area is 170 Å². The van der Waals surface area contributed by atoms with Gasteiger partial charge >= 0.3 is 0 Å². The molecule has 0 atom stereocenters. The van der Waals surface area contributed by atoms with Crippen LogP contribution in [0.3, 0.4) is 0 Å². The molecule has 2 amide bonds. The summed E-state index contributed by atoms with van der Waals surface area (Å²) in [6.07, 6.45) is 0. The number of carbonyl (C=O) groups is 2. The van der Waals surface area contributed by atoms with Crippen LogP contribution in [0.1, 0.15) is 17.3 Å². The summed E-state index contributed by atoms with van der Waals surface area (Å²) in [6, 6.07) is 9.14. The number of rotatable bonds is 6. The third-order valence-electron chi connectivity index (χ3n) is 3.90. The Kier molecular flexibility index (Phi) is 6.08. The highest BCUT2D eigenvalue weighted by Gasteiger charge is 2.15. The van der Waals surface area contributed by atoms with Crippen LogP contribution in [0.5, 0.6) is 11.5 Å². The highest BCUT2D eigenvalue weighted by atomic mass is 32.1. The predicted octanol–water partition coefficient (Wildman–Crippen LogP) is 4.18. The molecule has 0 radical (unpaired) electrons. The molecule has 0 bridgehead atoms. The zero-order chi connectivity index (χ0) is 21.0. The molecule has 29 heavy (non-hydrogen) atoms. The van der Waals surface area contributed by atoms with Crippen molar-refractivity contribution < 1.29 is 23.5 Å². The first-order valence-electron chi connectivity index (χ1n) is 8.47. The Bertz CT molecular complexity index is 1050. The smallest absolute Gasteiger partial charge is 0.257 e. The summed E-state index contributed by atoms with van der Waals surface area (Å²) < 4.78 is 24.7. The Hall–Kier alpha value is -3.46. The lowest BCUT2D eigenvalue weighted by molar-refractivity contribution is -0.114. The third-order valence-corrected chi connectivity index (χ3v) is 4.66. The van der Waals surface area contributed by atoms with Crippen LogP contribution in [0.2, 0.25) is 0 Å². The van der Waals surface area contributed by atoms with Gasteiger partial charge in [0, 0.05) is 35.2 Å². The summed E-state index contributed by atoms with van der Waals surface area (Å²) in [6.45, 7) is 1.35. The van der Waals surface area contributed by atoms with Gasteiger partial charge in [0.1, 0.15) is 17.3 Å². The summed E-state index contributed by atoms with van der Waals surface area (Å²) in [4.78, 5) is 27.9. The molecule has 0 aliphatic carbocycles. The maximum atomic E-state index is 14.4. The summed E-state index contributed by atoms with van der Waals surface area (Å²) in [7, 11) is 2.99. The minimum Gasteiger partial charge on any atom is -0.497 e. The Balaban J connectivity index is 1.79. The molecule has 1 heterocycles. The summed E-state index contributed by atoms with van der Waals surface area (Å²) in [5, 5.41) is 7.16. The van der Waals surface area contributed by atoms with Gasteiger partial charge in [-0.2, -0.15) is 0 Å². The van der Waals surface area contributed by atoms with Crippen molar-refractivity contribution in [2.75, 3.05) is 24.9 Å². The van der Waals surface area contributed by atoms with Gasteiger partial charge in [-0.25, -0.2) is 9.37 Å². The number of amides is 2. The minimum atomic E-state index is -0.531. The number of hydrogen-bond acceptors (Lipinski definition) is 6. The van der Waals surface area contributed by atoms with Crippen LogP contribution in [-0.4, -0.2) is 31.0 Å². The number of nitrogens with one attached hydrogen (secondary N) is 2. The molecule has 0 aliphatic heterocycles. The van der Waals surface area contributed by atoms with Crippen LogP contribution in [0.25, 0.3) is 11.3 Å². The van der Waals surface area contributed by atoms with E-state index in [1.54, 1.807) is 29.6 Å². The lowest BCUT2D eigenvalue weighted by Crippen LogP contribution is -2.12. The Morgan fingerprint density at radius 2 is 1.72 bits per heavy atom. The second-order valence-corrected chi connectivity index (χ2v) is 6.83. The summed E-state index contributed by atoms with van der Waals surface area (Å²) >= 11 is 1.17. The van der Waals surface area contributed by atoms with Crippen LogP contribution >= 0.6 is 11.3 Å². The number of benzene rings is 2. The zero-order valence-corrected chi connectivity index (χ0v) is 16.7. The number of hydrogen-bond donors (Lipinski definition) is 2. The van der Waals surface area contributed by atoms with Gasteiger partial charge in [-0.15, -0.1) is 11.3 Å². The molecule has 2 aromatic carbocycles. The van der Waals surface area contributed by atoms with Crippen LogP contribution in [-0.2, 0) is 4.79 Å². The average Bonchev–Trinajstić information content (AvgIpc) is 3.15. The van der Waals surface area contributed by atoms with E-state index < -0.39 is 11.7 Å². The van der Waals surface area contributed by atoms with Gasteiger partial charge in [-0.3, -0.25) is 14.9 Å². The summed E-state index contributed by atoms with van der Waals surface area (Å²) in [5.41, 5.74) is 1.33. The number of halogens is 1. The standard InChI is InChI=1S/C20H18FN3O4S/c1-11(25)22-13-4-5-16(17(21)8-13)18-10-29-20(23-18)24-19(26)12-6-14(27-2)9-15(7-12)28-3/h4-10H,1-3H3,(H,22,25)(H,23,24,26). The highest BCUT2D eigenvalue weighted by molar-refractivity contribution is 7.14. The van der Waals surface area contributed by atoms with Crippen LogP contribution in [0, 0.1) is 5.82 Å². The van der Waals surface area contributed by atoms with Crippen molar-refractivity contribution in [3.8, 4) is 22.8 Å². The minimum absolute atomic E-state index is 0.263. The second-order valence-electron chi connectivity index (χ2n) is 5.97. The van der Waals surface area contributed by atoms with Crippen molar-refractivity contribution in [1.82, 2.24) is 4.98 Å². The van der Waals surface area contributed by atoms with E-state index in [1.807, 2.05) is 0 Å². The van der Waals surface area contributed by atoms with E-state index in [0.717, 1.165) is 0 Å². The molecule has 0 spiro atoms. The van der Waals surface area contributed by atoms with Crippen molar-refractivity contribution in [1.29, 1.82) is 0 Å². The van der Waals surface area contributed by atoms with Crippen LogP contribution in [0.4, 0.5) is 15.2 Å². The van der Waals surface area contributed by atoms with Crippen LogP contribution < -0.4 is 20.1 Å². The molecule has 7 nitrogen and oxygen atoms in total. The Morgan fingerprint density at radius 3 is 2.31 bits per heavy atom. The van der Waals surface area contributed by atoms with Crippen LogP contribution in [0.15, 0.2) is 41.8 Å². The normalized spacial score (nSPS) is 10.3. The lowest BCUT2D eigenvalue weighted by atomic mass is 10.1. The number of anilines is 2. The van der Waals surface area contributed by atoms with Gasteiger partial charge < -0.3 is 14.8 Å². The van der Waals surface area contributed by atoms with E-state index in [-0.39, 0.29) is 11.5 Å². The fraction of sp³-hybridized carbons (Fsp3) is 0.150. The topological polar surface area (TPSA) is 89.6 Å². The van der Waals surface area contributed by atoms with E-state index in [1.165, 1.54) is 44.6 Å². The fourth-order valence-electron chi connectivity index (χ4n) is 2.57. The molecule has 0 saturated heterocycles. The maximum Gasteiger partial charge on any atom is 0.257 e. The first kappa shape index (κ1) is 20.3. The first-order valence-corrected chi connectivity index (χ1v) is 9.35. The molecule has 9 heteroatoms. The molecule has 0 unspecified atom stereocenters. The largest absolute Gasteiger partial charge is 0.497 e. The molecule has 3 aromatic rings. The highest BCUT2D eigenvalue weighted by Crippen LogP contribution is 2.29. The van der Waals surface area contributed by atoms with E-state index in [4.69, 9.17) is 9.47 Å². The Morgan fingerprint density at radius 1 is 1.03 bits per heavy atom. The van der Waals surface area contributed by atoms with Crippen molar-refractivity contribution >= 4 is 34.0 Å². The van der Waals surface area contributed by atoms with Crippen molar-refractivity contribution in [3.05, 3.63) is 53.2 Å². The second kappa shape index (κ2) is 8.70. The van der Waals surface area contributed by atoms with Crippen molar-refractivity contribution in [2.45, 2.75) is 6.92 Å². The van der Waals surface area contributed by atoms with Gasteiger partial charge in [-0.05, 0) is 30.3 Å². The quantitative estimate of drug-likeness (QED) is 0.631. The van der Waals surface area contributed by atoms with E-state index in [9.17, 15) is 14.0 Å². The van der Waals surface area contributed by atoms with Gasteiger partial charge in [0.25, 0.3) is 5.91 Å². The molecule has 150 valence electrons. The van der Waals surface area contributed by atoms with E-state index >= 15 is 0 Å². The molecule has 2 N–H and O–H groups in total. The summed E-state index contributed by atoms with van der Waals surface area (Å²) in [5.74, 6) is -0.252. The monoisotopic (exact) mass is 415 g/mol. The number of nitrogens with zero attached hydrogens (tertiary/aromatic N) is 1. The third kappa shape index (κ3) is 4.88. The first-order chi connectivity index (χ1) is 13.9. The van der Waals surface area contributed by atoms with Crippen molar-refractivity contribution in [2.24, 2.45) is 0 Å². The SMILES string of the molecule is COc1cc(OC)cc(C(=O)Nc2nc(-c3ccc(NC(C)=O)cc3F)cs2)c1.